The van der Waals surface area contributed by atoms with Gasteiger partial charge in [-0.05, 0) is 23.9 Å². The molecule has 0 spiro atoms. The van der Waals surface area contributed by atoms with Crippen molar-refractivity contribution in [2.45, 2.75) is 12.4 Å². The fraction of sp³-hybridized carbons (Fsp3) is 0.174. The molecular weight excluding hydrogens is 690 g/mol. The van der Waals surface area contributed by atoms with Gasteiger partial charge in [-0.25, -0.2) is 0 Å². The number of aromatic nitrogens is 4. The number of nitrogens with zero attached hydrogens (tertiary/aromatic N) is 5. The van der Waals surface area contributed by atoms with E-state index in [1.54, 1.807) is 12.3 Å². The second-order valence-electron chi connectivity index (χ2n) is 7.32. The number of hydrogen-bond acceptors (Lipinski definition) is 4. The van der Waals surface area contributed by atoms with Crippen LogP contribution in [0.25, 0.3) is 22.6 Å². The van der Waals surface area contributed by atoms with Crippen LogP contribution >= 0.6 is 0 Å². The Morgan fingerprint density at radius 1 is 0.865 bits per heavy atom. The van der Waals surface area contributed by atoms with Crippen molar-refractivity contribution in [3.05, 3.63) is 83.8 Å². The maximum atomic E-state index is 13.5. The van der Waals surface area contributed by atoms with E-state index in [2.05, 4.69) is 26.2 Å². The van der Waals surface area contributed by atoms with Crippen LogP contribution < -0.4 is 10.00 Å². The summed E-state index contributed by atoms with van der Waals surface area (Å²) in [4.78, 5) is 9.49. The van der Waals surface area contributed by atoms with Crippen LogP contribution in [0.3, 0.4) is 0 Å². The summed E-state index contributed by atoms with van der Waals surface area (Å²) in [5.41, 5.74) is -3.71. The van der Waals surface area contributed by atoms with Gasteiger partial charge in [-0.15, -0.1) is 12.1 Å². The average Bonchev–Trinajstić information content (AvgIpc) is 3.27. The first kappa shape index (κ1) is 29.8. The molecular formula is C23H15F8IrN5-2. The molecule has 0 bridgehead atoms. The van der Waals surface area contributed by atoms with Gasteiger partial charge in [0.1, 0.15) is 5.69 Å². The first-order valence-corrected chi connectivity index (χ1v) is 9.88. The number of pyridine rings is 2. The summed E-state index contributed by atoms with van der Waals surface area (Å²) >= 11 is 0. The van der Waals surface area contributed by atoms with Crippen molar-refractivity contribution in [2.75, 3.05) is 19.0 Å². The normalized spacial score (nSPS) is 11.3. The maximum Gasteiger partial charge on any atom is 0.432 e. The maximum absolute atomic E-state index is 13.5. The molecule has 0 aliphatic heterocycles. The first-order chi connectivity index (χ1) is 16.8. The van der Waals surface area contributed by atoms with Crippen molar-refractivity contribution in [1.29, 1.82) is 0 Å². The second-order valence-corrected chi connectivity index (χ2v) is 7.32. The van der Waals surface area contributed by atoms with Gasteiger partial charge >= 0.3 is 12.4 Å². The van der Waals surface area contributed by atoms with Gasteiger partial charge in [0.15, 0.2) is 0 Å². The van der Waals surface area contributed by atoms with Crippen LogP contribution in [-0.4, -0.2) is 29.2 Å². The van der Waals surface area contributed by atoms with Crippen LogP contribution in [0.1, 0.15) is 11.3 Å². The molecule has 199 valence electrons. The minimum Gasteiger partial charge on any atom is -0.573 e. The summed E-state index contributed by atoms with van der Waals surface area (Å²) in [6.45, 7) is 0. The van der Waals surface area contributed by atoms with Crippen molar-refractivity contribution < 1.29 is 55.2 Å². The fourth-order valence-electron chi connectivity index (χ4n) is 2.94. The molecule has 4 rings (SSSR count). The van der Waals surface area contributed by atoms with E-state index < -0.39 is 40.9 Å². The standard InChI is InChI=1S/C13H11F2N2.C10H4F6N3.Ir/c1-17(2)10-5-6-16-13(8-10)11-4-3-9(14)7-12(11)15;11-9(12,13)6-7(5-3-1-2-4-17-5)18-19-8(6)10(14,15)16;/h3,5-8H,1-2H3;1-4H;/q2*-1;. The number of rotatable bonds is 3. The quantitative estimate of drug-likeness (QED) is 0.193. The Labute approximate surface area is 218 Å². The van der Waals surface area contributed by atoms with E-state index in [1.807, 2.05) is 25.1 Å². The van der Waals surface area contributed by atoms with E-state index in [1.165, 1.54) is 12.1 Å². The molecule has 0 amide bonds. The monoisotopic (exact) mass is 706 g/mol. The van der Waals surface area contributed by atoms with E-state index in [9.17, 15) is 35.1 Å². The summed E-state index contributed by atoms with van der Waals surface area (Å²) in [6.07, 6.45) is -7.72. The number of halogens is 8. The molecule has 0 unspecified atom stereocenters. The summed E-state index contributed by atoms with van der Waals surface area (Å²) in [6, 6.07) is 11.9. The predicted molar refractivity (Wildman–Crippen MR) is 114 cm³/mol. The van der Waals surface area contributed by atoms with Crippen LogP contribution in [0.5, 0.6) is 0 Å². The van der Waals surface area contributed by atoms with Gasteiger partial charge in [0.2, 0.25) is 0 Å². The molecule has 3 heterocycles. The minimum absolute atomic E-state index is 0. The Kier molecular flexibility index (Phi) is 9.50. The van der Waals surface area contributed by atoms with E-state index in [-0.39, 0.29) is 31.4 Å². The van der Waals surface area contributed by atoms with E-state index in [0.717, 1.165) is 30.1 Å². The van der Waals surface area contributed by atoms with Crippen molar-refractivity contribution in [3.63, 3.8) is 0 Å². The zero-order valence-electron chi connectivity index (χ0n) is 18.8. The average molecular weight is 706 g/mol. The van der Waals surface area contributed by atoms with E-state index >= 15 is 0 Å². The van der Waals surface area contributed by atoms with Gasteiger partial charge in [-0.3, -0.25) is 13.8 Å². The smallest absolute Gasteiger partial charge is 0.432 e. The number of benzene rings is 1. The molecule has 4 aromatic rings. The molecule has 0 saturated carbocycles. The molecule has 37 heavy (non-hydrogen) atoms. The zero-order valence-corrected chi connectivity index (χ0v) is 21.2. The Morgan fingerprint density at radius 3 is 2.08 bits per heavy atom. The summed E-state index contributed by atoms with van der Waals surface area (Å²) < 4.78 is 102. The molecule has 0 fully saturated rings. The van der Waals surface area contributed by atoms with Crippen molar-refractivity contribution in [2.24, 2.45) is 0 Å². The zero-order chi connectivity index (χ0) is 26.7. The van der Waals surface area contributed by atoms with Crippen LogP contribution in [-0.2, 0) is 32.5 Å². The Hall–Kier alpha value is -3.38. The molecule has 0 N–H and O–H groups in total. The van der Waals surface area contributed by atoms with Gasteiger partial charge < -0.3 is 20.1 Å². The Balaban J connectivity index is 0.000000255. The fourth-order valence-corrected chi connectivity index (χ4v) is 2.94. The number of anilines is 1. The molecule has 3 aromatic heterocycles. The third-order valence-corrected chi connectivity index (χ3v) is 4.56. The van der Waals surface area contributed by atoms with Gasteiger partial charge in [-0.2, -0.15) is 26.3 Å². The van der Waals surface area contributed by atoms with Crippen molar-refractivity contribution in [1.82, 2.24) is 20.2 Å². The third-order valence-electron chi connectivity index (χ3n) is 4.56. The molecule has 1 aromatic carbocycles. The molecule has 0 atom stereocenters. The molecule has 14 heteroatoms. The second kappa shape index (κ2) is 11.8. The Morgan fingerprint density at radius 2 is 1.54 bits per heavy atom. The molecule has 1 radical (unpaired) electrons. The minimum atomic E-state index is -5.23. The van der Waals surface area contributed by atoms with E-state index in [0.29, 0.717) is 5.69 Å². The Bertz CT molecular complexity index is 1320. The van der Waals surface area contributed by atoms with Crippen molar-refractivity contribution in [3.8, 4) is 22.6 Å². The topological polar surface area (TPSA) is 56.0 Å². The van der Waals surface area contributed by atoms with Crippen LogP contribution in [0, 0.1) is 17.7 Å². The largest absolute Gasteiger partial charge is 0.573 e. The van der Waals surface area contributed by atoms with Gasteiger partial charge in [0.25, 0.3) is 0 Å². The van der Waals surface area contributed by atoms with Gasteiger partial charge in [0, 0.05) is 69.6 Å². The first-order valence-electron chi connectivity index (χ1n) is 9.88. The SMILES string of the molecule is CN(C)c1ccnc(-c2[c-]cc(F)cc2F)c1.FC(F)(F)c1n[n-]c(-c2ccccn2)c1C(F)(F)F.[Ir]. The van der Waals surface area contributed by atoms with Crippen LogP contribution in [0.2, 0.25) is 0 Å². The number of alkyl halides is 6. The summed E-state index contributed by atoms with van der Waals surface area (Å²) in [5, 5.41) is 5.56. The molecule has 5 nitrogen and oxygen atoms in total. The summed E-state index contributed by atoms with van der Waals surface area (Å²) in [5.74, 6) is -1.30. The van der Waals surface area contributed by atoms with Crippen molar-refractivity contribution >= 4 is 5.69 Å². The summed E-state index contributed by atoms with van der Waals surface area (Å²) in [7, 11) is 3.76. The third kappa shape index (κ3) is 7.32. The van der Waals surface area contributed by atoms with Crippen LogP contribution in [0.15, 0.2) is 54.9 Å². The molecule has 0 aliphatic carbocycles. The van der Waals surface area contributed by atoms with Gasteiger partial charge in [0.05, 0.1) is 5.56 Å². The van der Waals surface area contributed by atoms with Gasteiger partial charge in [-0.1, -0.05) is 29.5 Å². The molecule has 0 aliphatic rings. The predicted octanol–water partition coefficient (Wildman–Crippen LogP) is 6.03. The van der Waals surface area contributed by atoms with E-state index in [4.69, 9.17) is 0 Å². The van der Waals surface area contributed by atoms with Crippen LogP contribution in [0.4, 0.5) is 40.8 Å². The number of hydrogen-bond donors (Lipinski definition) is 0. The molecule has 0 saturated heterocycles.